The molecule has 1 heterocycles. The number of thiocarbonyl (C=S) groups is 1. The van der Waals surface area contributed by atoms with Crippen molar-refractivity contribution in [3.05, 3.63) is 35.9 Å². The number of aliphatic hydroxyl groups excluding tert-OH is 1. The Labute approximate surface area is 195 Å². The summed E-state index contributed by atoms with van der Waals surface area (Å²) in [4.78, 5) is 47.3. The van der Waals surface area contributed by atoms with E-state index >= 15 is 0 Å². The molecule has 1 aliphatic heterocycles. The maximum Gasteiger partial charge on any atom is 0.303 e. The van der Waals surface area contributed by atoms with Gasteiger partial charge in [-0.1, -0.05) is 30.3 Å². The quantitative estimate of drug-likeness (QED) is 0.196. The highest BCUT2D eigenvalue weighted by molar-refractivity contribution is 7.80. The summed E-state index contributed by atoms with van der Waals surface area (Å²) in [5, 5.41) is 15.2. The van der Waals surface area contributed by atoms with Gasteiger partial charge in [0, 0.05) is 26.3 Å². The van der Waals surface area contributed by atoms with Crippen LogP contribution in [0.4, 0.5) is 0 Å². The molecule has 0 aliphatic carbocycles. The average molecular weight is 483 g/mol. The van der Waals surface area contributed by atoms with Crippen LogP contribution in [0, 0.1) is 0 Å². The number of hydrogen-bond acceptors (Lipinski definition) is 10. The van der Waals surface area contributed by atoms with E-state index in [1.54, 1.807) is 30.3 Å². The number of nitrogens with one attached hydrogen (secondary N) is 2. The van der Waals surface area contributed by atoms with Crippen molar-refractivity contribution in [3.8, 4) is 0 Å². The first-order valence-corrected chi connectivity index (χ1v) is 10.4. The van der Waals surface area contributed by atoms with E-state index < -0.39 is 55.2 Å². The number of rotatable bonds is 8. The van der Waals surface area contributed by atoms with Gasteiger partial charge in [0.2, 0.25) is 0 Å². The summed E-state index contributed by atoms with van der Waals surface area (Å²) in [5.41, 5.74) is 0.485. The monoisotopic (exact) mass is 482 g/mol. The van der Waals surface area contributed by atoms with Crippen molar-refractivity contribution in [3.63, 3.8) is 0 Å². The first-order valence-electron chi connectivity index (χ1n) is 10.0. The summed E-state index contributed by atoms with van der Waals surface area (Å²) in [5.74, 6) is -2.40. The van der Waals surface area contributed by atoms with Crippen molar-refractivity contribution in [2.24, 2.45) is 0 Å². The molecule has 1 saturated heterocycles. The summed E-state index contributed by atoms with van der Waals surface area (Å²) < 4.78 is 21.5. The third-order valence-electron chi connectivity index (χ3n) is 4.50. The Kier molecular flexibility index (Phi) is 9.70. The zero-order valence-corrected chi connectivity index (χ0v) is 19.1. The Morgan fingerprint density at radius 3 is 2.03 bits per heavy atom. The number of Topliss-reactive ketones (excluding diaryl/α,β-unsaturated/α-hetero) is 1. The van der Waals surface area contributed by atoms with E-state index in [4.69, 9.17) is 31.2 Å². The molecule has 180 valence electrons. The van der Waals surface area contributed by atoms with Crippen LogP contribution >= 0.6 is 12.2 Å². The predicted molar refractivity (Wildman–Crippen MR) is 117 cm³/mol. The third kappa shape index (κ3) is 7.77. The lowest BCUT2D eigenvalue weighted by molar-refractivity contribution is -0.253. The van der Waals surface area contributed by atoms with Crippen LogP contribution in [0.5, 0.6) is 0 Å². The molecule has 0 aromatic heterocycles. The molecule has 0 radical (unpaired) electrons. The van der Waals surface area contributed by atoms with E-state index in [2.05, 4.69) is 10.6 Å². The maximum atomic E-state index is 12.3. The number of esters is 3. The second kappa shape index (κ2) is 12.2. The van der Waals surface area contributed by atoms with Gasteiger partial charge in [-0.3, -0.25) is 19.2 Å². The smallest absolute Gasteiger partial charge is 0.303 e. The van der Waals surface area contributed by atoms with Gasteiger partial charge in [-0.05, 0) is 12.2 Å². The number of benzene rings is 1. The van der Waals surface area contributed by atoms with Crippen LogP contribution < -0.4 is 10.6 Å². The van der Waals surface area contributed by atoms with E-state index in [9.17, 15) is 24.3 Å². The predicted octanol–water partition coefficient (Wildman–Crippen LogP) is -0.154. The van der Waals surface area contributed by atoms with Gasteiger partial charge in [0.05, 0.1) is 13.2 Å². The molecule has 1 aromatic rings. The lowest BCUT2D eigenvalue weighted by atomic mass is 9.97. The SMILES string of the molecule is CC(=O)O[C@@H]1[C@@H](OC(C)=O)[C@H](NC(=S)NCC(=O)c2ccccc2)O[C@H](CO)[C@H]1OC(C)=O. The summed E-state index contributed by atoms with van der Waals surface area (Å²) in [7, 11) is 0. The number of ketones is 1. The van der Waals surface area contributed by atoms with Crippen LogP contribution in [0.2, 0.25) is 0 Å². The number of carbonyl (C=O) groups is 4. The molecule has 3 N–H and O–H groups in total. The molecule has 1 aliphatic rings. The molecule has 1 aromatic carbocycles. The minimum atomic E-state index is -1.30. The fourth-order valence-corrected chi connectivity index (χ4v) is 3.41. The second-order valence-corrected chi connectivity index (χ2v) is 7.52. The van der Waals surface area contributed by atoms with Gasteiger partial charge in [-0.2, -0.15) is 0 Å². The Morgan fingerprint density at radius 2 is 1.48 bits per heavy atom. The van der Waals surface area contributed by atoms with Crippen LogP contribution in [0.3, 0.4) is 0 Å². The highest BCUT2D eigenvalue weighted by Gasteiger charge is 2.51. The standard InChI is InChI=1S/C21H26N2O9S/c1-11(25)29-17-16(10-24)32-20(19(31-13(3)27)18(17)30-12(2)26)23-21(33)22-9-15(28)14-7-5-4-6-8-14/h4-8,16-20,24H,9-10H2,1-3H3,(H2,22,23,33)/t16-,17-,18+,19-,20-/m1/s1. The highest BCUT2D eigenvalue weighted by atomic mass is 32.1. The zero-order chi connectivity index (χ0) is 24.5. The van der Waals surface area contributed by atoms with Crippen LogP contribution in [0.15, 0.2) is 30.3 Å². The van der Waals surface area contributed by atoms with Crippen molar-refractivity contribution in [2.75, 3.05) is 13.2 Å². The van der Waals surface area contributed by atoms with E-state index in [0.717, 1.165) is 20.8 Å². The van der Waals surface area contributed by atoms with E-state index in [0.29, 0.717) is 5.56 Å². The number of carbonyl (C=O) groups excluding carboxylic acids is 4. The lowest BCUT2D eigenvalue weighted by Crippen LogP contribution is -2.66. The Morgan fingerprint density at radius 1 is 0.939 bits per heavy atom. The summed E-state index contributed by atoms with van der Waals surface area (Å²) in [6.07, 6.45) is -6.17. The van der Waals surface area contributed by atoms with Gasteiger partial charge in [0.25, 0.3) is 0 Å². The van der Waals surface area contributed by atoms with Gasteiger partial charge in [-0.15, -0.1) is 0 Å². The normalized spacial score (nSPS) is 24.2. The van der Waals surface area contributed by atoms with Crippen molar-refractivity contribution in [2.45, 2.75) is 51.4 Å². The Hall–Kier alpha value is -3.09. The topological polar surface area (TPSA) is 149 Å². The average Bonchev–Trinajstić information content (AvgIpc) is 2.75. The fourth-order valence-electron chi connectivity index (χ4n) is 3.22. The molecule has 0 unspecified atom stereocenters. The molecule has 33 heavy (non-hydrogen) atoms. The van der Waals surface area contributed by atoms with Crippen molar-refractivity contribution in [1.82, 2.24) is 10.6 Å². The summed E-state index contributed by atoms with van der Waals surface area (Å²) in [6, 6.07) is 8.56. The van der Waals surface area contributed by atoms with Gasteiger partial charge >= 0.3 is 17.9 Å². The summed E-state index contributed by atoms with van der Waals surface area (Å²) in [6.45, 7) is 2.66. The molecule has 0 bridgehead atoms. The molecule has 0 amide bonds. The maximum absolute atomic E-state index is 12.3. The van der Waals surface area contributed by atoms with Gasteiger partial charge < -0.3 is 34.7 Å². The van der Waals surface area contributed by atoms with Crippen molar-refractivity contribution < 1.29 is 43.2 Å². The molecule has 2 rings (SSSR count). The number of hydrogen-bond donors (Lipinski definition) is 3. The number of aliphatic hydroxyl groups is 1. The van der Waals surface area contributed by atoms with Gasteiger partial charge in [-0.25, -0.2) is 0 Å². The van der Waals surface area contributed by atoms with Gasteiger partial charge in [0.1, 0.15) is 6.10 Å². The molecular formula is C21H26N2O9S. The van der Waals surface area contributed by atoms with Crippen LogP contribution in [0.25, 0.3) is 0 Å². The molecule has 1 fully saturated rings. The third-order valence-corrected chi connectivity index (χ3v) is 4.76. The minimum Gasteiger partial charge on any atom is -0.456 e. The number of ether oxygens (including phenoxy) is 4. The zero-order valence-electron chi connectivity index (χ0n) is 18.3. The van der Waals surface area contributed by atoms with Crippen LogP contribution in [-0.2, 0) is 33.3 Å². The van der Waals surface area contributed by atoms with E-state index in [-0.39, 0.29) is 17.4 Å². The van der Waals surface area contributed by atoms with Crippen LogP contribution in [0.1, 0.15) is 31.1 Å². The first-order chi connectivity index (χ1) is 15.6. The Bertz CT molecular complexity index is 880. The largest absolute Gasteiger partial charge is 0.456 e. The lowest BCUT2D eigenvalue weighted by Gasteiger charge is -2.44. The fraction of sp³-hybridized carbons (Fsp3) is 0.476. The Balaban J connectivity index is 2.18. The highest BCUT2D eigenvalue weighted by Crippen LogP contribution is 2.27. The van der Waals surface area contributed by atoms with E-state index in [1.165, 1.54) is 0 Å². The summed E-state index contributed by atoms with van der Waals surface area (Å²) >= 11 is 5.22. The van der Waals surface area contributed by atoms with Gasteiger partial charge in [0.15, 0.2) is 35.4 Å². The molecule has 12 heteroatoms. The molecular weight excluding hydrogens is 456 g/mol. The van der Waals surface area contributed by atoms with E-state index in [1.807, 2.05) is 0 Å². The molecule has 11 nitrogen and oxygen atoms in total. The second-order valence-electron chi connectivity index (χ2n) is 7.12. The molecule has 0 spiro atoms. The minimum absolute atomic E-state index is 0.0226. The first kappa shape index (κ1) is 26.2. The molecule has 5 atom stereocenters. The molecule has 0 saturated carbocycles. The van der Waals surface area contributed by atoms with Crippen molar-refractivity contribution >= 4 is 41.0 Å². The van der Waals surface area contributed by atoms with Crippen molar-refractivity contribution in [1.29, 1.82) is 0 Å². The van der Waals surface area contributed by atoms with Crippen LogP contribution in [-0.4, -0.2) is 77.7 Å².